The van der Waals surface area contributed by atoms with Crippen LogP contribution in [-0.4, -0.2) is 36.1 Å². The van der Waals surface area contributed by atoms with Crippen LogP contribution in [0.1, 0.15) is 24.8 Å². The zero-order chi connectivity index (χ0) is 12.2. The Labute approximate surface area is 110 Å². The molecule has 3 nitrogen and oxygen atoms in total. The van der Waals surface area contributed by atoms with Crippen molar-refractivity contribution in [1.82, 2.24) is 15.2 Å². The third-order valence-electron chi connectivity index (χ3n) is 4.49. The molecule has 0 aliphatic carbocycles. The number of nitrogens with zero attached hydrogens (tertiary/aromatic N) is 2. The maximum absolute atomic E-state index is 4.20. The summed E-state index contributed by atoms with van der Waals surface area (Å²) < 4.78 is 0. The highest BCUT2D eigenvalue weighted by molar-refractivity contribution is 5.08. The van der Waals surface area contributed by atoms with Crippen LogP contribution in [0.3, 0.4) is 0 Å². The van der Waals surface area contributed by atoms with Gasteiger partial charge in [0, 0.05) is 25.5 Å². The molecule has 1 N–H and O–H groups in total. The summed E-state index contributed by atoms with van der Waals surface area (Å²) in [6.45, 7) is 6.09. The van der Waals surface area contributed by atoms with E-state index >= 15 is 0 Å². The summed E-state index contributed by atoms with van der Waals surface area (Å²) in [5, 5.41) is 3.47. The maximum atomic E-state index is 4.20. The molecule has 0 amide bonds. The van der Waals surface area contributed by atoms with Gasteiger partial charge in [0.05, 0.1) is 0 Å². The molecule has 0 spiro atoms. The van der Waals surface area contributed by atoms with Crippen LogP contribution >= 0.6 is 0 Å². The lowest BCUT2D eigenvalue weighted by atomic mass is 9.84. The number of hydrogen-bond donors (Lipinski definition) is 1. The second-order valence-electron chi connectivity index (χ2n) is 5.73. The van der Waals surface area contributed by atoms with Gasteiger partial charge in [-0.1, -0.05) is 6.07 Å². The van der Waals surface area contributed by atoms with Gasteiger partial charge in [0.15, 0.2) is 0 Å². The largest absolute Gasteiger partial charge is 0.317 e. The van der Waals surface area contributed by atoms with Gasteiger partial charge in [-0.15, -0.1) is 0 Å². The van der Waals surface area contributed by atoms with Crippen molar-refractivity contribution in [2.45, 2.75) is 25.8 Å². The molecule has 0 aromatic carbocycles. The Morgan fingerprint density at radius 3 is 2.89 bits per heavy atom. The van der Waals surface area contributed by atoms with E-state index in [2.05, 4.69) is 21.3 Å². The topological polar surface area (TPSA) is 28.2 Å². The summed E-state index contributed by atoms with van der Waals surface area (Å²) in [6, 6.07) is 4.22. The molecule has 1 unspecified atom stereocenters. The first-order valence-corrected chi connectivity index (χ1v) is 7.24. The number of likely N-dealkylation sites (tertiary alicyclic amines) is 1. The van der Waals surface area contributed by atoms with Gasteiger partial charge in [-0.25, -0.2) is 0 Å². The number of piperidine rings is 1. The highest BCUT2D eigenvalue weighted by Crippen LogP contribution is 2.30. The third kappa shape index (κ3) is 2.90. The summed E-state index contributed by atoms with van der Waals surface area (Å²) in [7, 11) is 0. The van der Waals surface area contributed by atoms with E-state index in [1.807, 2.05) is 18.5 Å². The molecule has 0 bridgehead atoms. The van der Waals surface area contributed by atoms with Crippen LogP contribution in [0.4, 0.5) is 0 Å². The summed E-state index contributed by atoms with van der Waals surface area (Å²) in [5.74, 6) is 1.90. The summed E-state index contributed by atoms with van der Waals surface area (Å²) in [5.41, 5.74) is 1.35. The third-order valence-corrected chi connectivity index (χ3v) is 4.49. The van der Waals surface area contributed by atoms with Crippen LogP contribution in [0.5, 0.6) is 0 Å². The van der Waals surface area contributed by atoms with Gasteiger partial charge < -0.3 is 5.32 Å². The molecule has 3 rings (SSSR count). The molecule has 2 fully saturated rings. The summed E-state index contributed by atoms with van der Waals surface area (Å²) in [4.78, 5) is 6.80. The minimum atomic E-state index is 0.934. The molecule has 98 valence electrons. The van der Waals surface area contributed by atoms with Crippen molar-refractivity contribution >= 4 is 0 Å². The highest BCUT2D eigenvalue weighted by atomic mass is 15.1. The Morgan fingerprint density at radius 1 is 1.22 bits per heavy atom. The Morgan fingerprint density at radius 2 is 2.11 bits per heavy atom. The van der Waals surface area contributed by atoms with E-state index < -0.39 is 0 Å². The van der Waals surface area contributed by atoms with Gasteiger partial charge in [0.1, 0.15) is 0 Å². The molecular weight excluding hydrogens is 222 g/mol. The molecule has 0 radical (unpaired) electrons. The van der Waals surface area contributed by atoms with Crippen molar-refractivity contribution in [3.8, 4) is 0 Å². The van der Waals surface area contributed by atoms with Crippen molar-refractivity contribution in [1.29, 1.82) is 0 Å². The van der Waals surface area contributed by atoms with Crippen molar-refractivity contribution in [2.24, 2.45) is 11.8 Å². The minimum Gasteiger partial charge on any atom is -0.317 e. The number of hydrogen-bond acceptors (Lipinski definition) is 3. The number of pyridine rings is 1. The zero-order valence-corrected chi connectivity index (χ0v) is 11.0. The predicted octanol–water partition coefficient (Wildman–Crippen LogP) is 1.90. The zero-order valence-electron chi connectivity index (χ0n) is 11.0. The van der Waals surface area contributed by atoms with E-state index in [-0.39, 0.29) is 0 Å². The first kappa shape index (κ1) is 12.1. The van der Waals surface area contributed by atoms with Crippen LogP contribution in [0.15, 0.2) is 24.5 Å². The van der Waals surface area contributed by atoms with E-state index in [1.54, 1.807) is 0 Å². The van der Waals surface area contributed by atoms with Crippen LogP contribution in [0, 0.1) is 11.8 Å². The molecule has 3 heterocycles. The average molecular weight is 245 g/mol. The molecule has 1 atom stereocenters. The maximum Gasteiger partial charge on any atom is 0.0312 e. The predicted molar refractivity (Wildman–Crippen MR) is 73.2 cm³/mol. The monoisotopic (exact) mass is 245 g/mol. The molecule has 3 heteroatoms. The van der Waals surface area contributed by atoms with Crippen molar-refractivity contribution < 1.29 is 0 Å². The Balaban J connectivity index is 1.52. The average Bonchev–Trinajstić information content (AvgIpc) is 2.89. The van der Waals surface area contributed by atoms with Gasteiger partial charge in [0.25, 0.3) is 0 Å². The Hall–Kier alpha value is -0.930. The Kier molecular flexibility index (Phi) is 3.91. The normalized spacial score (nSPS) is 26.6. The molecule has 2 aliphatic heterocycles. The lowest BCUT2D eigenvalue weighted by Gasteiger charge is -2.28. The van der Waals surface area contributed by atoms with E-state index in [1.165, 1.54) is 51.0 Å². The minimum absolute atomic E-state index is 0.934. The highest BCUT2D eigenvalue weighted by Gasteiger charge is 2.29. The molecular formula is C15H23N3. The number of nitrogens with one attached hydrogen (secondary N) is 1. The van der Waals surface area contributed by atoms with Gasteiger partial charge in [-0.3, -0.25) is 9.88 Å². The standard InChI is InChI=1S/C15H23N3/c1-2-13(10-17-6-1)11-18-9-5-15(12-18)14-3-7-16-8-4-14/h1-2,6,10,14-16H,3-5,7-9,11-12H2. The second kappa shape index (κ2) is 5.81. The molecule has 1 aromatic heterocycles. The quantitative estimate of drug-likeness (QED) is 0.881. The van der Waals surface area contributed by atoms with Crippen LogP contribution in [-0.2, 0) is 6.54 Å². The fourth-order valence-electron chi connectivity index (χ4n) is 3.46. The van der Waals surface area contributed by atoms with Crippen molar-refractivity contribution in [2.75, 3.05) is 26.2 Å². The first-order chi connectivity index (χ1) is 8.92. The smallest absolute Gasteiger partial charge is 0.0312 e. The van der Waals surface area contributed by atoms with E-state index in [4.69, 9.17) is 0 Å². The van der Waals surface area contributed by atoms with Gasteiger partial charge in [0.2, 0.25) is 0 Å². The lowest BCUT2D eigenvalue weighted by Crippen LogP contribution is -2.32. The van der Waals surface area contributed by atoms with Crippen molar-refractivity contribution in [3.63, 3.8) is 0 Å². The SMILES string of the molecule is c1cncc(CN2CCC(C3CCNCC3)C2)c1. The van der Waals surface area contributed by atoms with E-state index in [0.717, 1.165) is 18.4 Å². The summed E-state index contributed by atoms with van der Waals surface area (Å²) in [6.07, 6.45) is 8.00. The molecule has 2 saturated heterocycles. The van der Waals surface area contributed by atoms with Crippen LogP contribution in [0.2, 0.25) is 0 Å². The number of rotatable bonds is 3. The van der Waals surface area contributed by atoms with Gasteiger partial charge >= 0.3 is 0 Å². The van der Waals surface area contributed by atoms with Crippen LogP contribution < -0.4 is 5.32 Å². The molecule has 2 aliphatic rings. The Bertz CT molecular complexity index is 359. The molecule has 1 aromatic rings. The number of aromatic nitrogens is 1. The first-order valence-electron chi connectivity index (χ1n) is 7.24. The second-order valence-corrected chi connectivity index (χ2v) is 5.73. The lowest BCUT2D eigenvalue weighted by molar-refractivity contribution is 0.242. The van der Waals surface area contributed by atoms with Gasteiger partial charge in [-0.05, 0) is 62.4 Å². The molecule has 18 heavy (non-hydrogen) atoms. The summed E-state index contributed by atoms with van der Waals surface area (Å²) >= 11 is 0. The van der Waals surface area contributed by atoms with Crippen molar-refractivity contribution in [3.05, 3.63) is 30.1 Å². The fourth-order valence-corrected chi connectivity index (χ4v) is 3.46. The molecule has 0 saturated carbocycles. The van der Waals surface area contributed by atoms with Gasteiger partial charge in [-0.2, -0.15) is 0 Å². The fraction of sp³-hybridized carbons (Fsp3) is 0.667. The van der Waals surface area contributed by atoms with E-state index in [9.17, 15) is 0 Å². The van der Waals surface area contributed by atoms with E-state index in [0.29, 0.717) is 0 Å². The van der Waals surface area contributed by atoms with Crippen LogP contribution in [0.25, 0.3) is 0 Å².